The van der Waals surface area contributed by atoms with Crippen molar-refractivity contribution in [3.8, 4) is 44.5 Å². The Balaban J connectivity index is 0.969. The maximum atomic E-state index is 2.45. The largest absolute Gasteiger partial charge is 0.309 e. The van der Waals surface area contributed by atoms with E-state index >= 15 is 0 Å². The fourth-order valence-corrected chi connectivity index (χ4v) is 12.0. The number of hydrogen-bond acceptors (Lipinski definition) is 2. The summed E-state index contributed by atoms with van der Waals surface area (Å²) in [5, 5.41) is 2.59. The highest BCUT2D eigenvalue weighted by Crippen LogP contribution is 2.54. The predicted octanol–water partition coefficient (Wildman–Crippen LogP) is 16.5. The van der Waals surface area contributed by atoms with E-state index < -0.39 is 0 Å². The summed E-state index contributed by atoms with van der Waals surface area (Å²) in [5.74, 6) is 0. The molecule has 0 saturated heterocycles. The molecule has 1 unspecified atom stereocenters. The molecular weight excluding hydrogens is 755 g/mol. The van der Waals surface area contributed by atoms with Crippen LogP contribution in [0.25, 0.3) is 64.7 Å². The number of nitrogens with zero attached hydrogens (tertiary/aromatic N) is 1. The Kier molecular flexibility index (Phi) is 7.95. The minimum absolute atomic E-state index is 0.0885. The lowest BCUT2D eigenvalue weighted by atomic mass is 9.74. The first-order chi connectivity index (χ1) is 29.9. The van der Waals surface area contributed by atoms with Gasteiger partial charge in [-0.1, -0.05) is 178 Å². The van der Waals surface area contributed by atoms with E-state index in [0.29, 0.717) is 0 Å². The van der Waals surface area contributed by atoms with Gasteiger partial charge in [0, 0.05) is 37.7 Å². The highest BCUT2D eigenvalue weighted by molar-refractivity contribution is 7.26. The van der Waals surface area contributed by atoms with Crippen LogP contribution in [0.5, 0.6) is 0 Å². The molecule has 0 N–H and O–H groups in total. The SMILES string of the molecule is CC1(C)c2ccccc2-c2cccc(-c3ccc(N(c4ccc(-c5ccc6c(c5)C(C)(c5ccccc5)c5ccccc5-6)cc4)c4cccc5c4sc4ccccc45)cc3)c21. The van der Waals surface area contributed by atoms with Gasteiger partial charge in [0.25, 0.3) is 0 Å². The third-order valence-electron chi connectivity index (χ3n) is 13.8. The van der Waals surface area contributed by atoms with Crippen molar-refractivity contribution in [2.45, 2.75) is 31.6 Å². The van der Waals surface area contributed by atoms with Crippen molar-refractivity contribution >= 4 is 48.6 Å². The molecule has 0 saturated carbocycles. The molecule has 61 heavy (non-hydrogen) atoms. The molecule has 0 radical (unpaired) electrons. The van der Waals surface area contributed by atoms with Crippen LogP contribution in [-0.4, -0.2) is 0 Å². The number of hydrogen-bond donors (Lipinski definition) is 0. The van der Waals surface area contributed by atoms with E-state index in [1.54, 1.807) is 0 Å². The molecular formula is C59H43NS. The molecule has 2 aliphatic rings. The quantitative estimate of drug-likeness (QED) is 0.162. The third kappa shape index (κ3) is 5.32. The van der Waals surface area contributed by atoms with Crippen LogP contribution in [0.2, 0.25) is 0 Å². The molecule has 12 rings (SSSR count). The zero-order valence-electron chi connectivity index (χ0n) is 34.5. The Bertz CT molecular complexity index is 3340. The van der Waals surface area contributed by atoms with Gasteiger partial charge in [-0.05, 0) is 122 Å². The predicted molar refractivity (Wildman–Crippen MR) is 260 cm³/mol. The molecule has 0 spiro atoms. The van der Waals surface area contributed by atoms with Gasteiger partial charge in [0.1, 0.15) is 0 Å². The van der Waals surface area contributed by atoms with E-state index in [-0.39, 0.29) is 10.8 Å². The summed E-state index contributed by atoms with van der Waals surface area (Å²) in [7, 11) is 0. The monoisotopic (exact) mass is 797 g/mol. The van der Waals surface area contributed by atoms with Gasteiger partial charge in [0.2, 0.25) is 0 Å². The molecule has 1 aromatic heterocycles. The van der Waals surface area contributed by atoms with Gasteiger partial charge in [-0.25, -0.2) is 0 Å². The van der Waals surface area contributed by atoms with Crippen LogP contribution in [0.15, 0.2) is 206 Å². The minimum Gasteiger partial charge on any atom is -0.309 e. The first kappa shape index (κ1) is 35.9. The second-order valence-electron chi connectivity index (χ2n) is 17.4. The van der Waals surface area contributed by atoms with Gasteiger partial charge < -0.3 is 4.90 Å². The number of benzene rings is 9. The lowest BCUT2D eigenvalue weighted by Gasteiger charge is -2.29. The lowest BCUT2D eigenvalue weighted by Crippen LogP contribution is -2.22. The van der Waals surface area contributed by atoms with Crippen molar-refractivity contribution in [3.05, 3.63) is 234 Å². The molecule has 0 amide bonds. The van der Waals surface area contributed by atoms with Gasteiger partial charge in [0.05, 0.1) is 10.4 Å². The summed E-state index contributed by atoms with van der Waals surface area (Å²) in [5.41, 5.74) is 20.3. The molecule has 1 nitrogen and oxygen atoms in total. The van der Waals surface area contributed by atoms with Gasteiger partial charge in [-0.15, -0.1) is 11.3 Å². The summed E-state index contributed by atoms with van der Waals surface area (Å²) >= 11 is 1.88. The number of rotatable bonds is 6. The Morgan fingerprint density at radius 3 is 1.72 bits per heavy atom. The molecule has 0 bridgehead atoms. The van der Waals surface area contributed by atoms with E-state index in [2.05, 4.69) is 232 Å². The smallest absolute Gasteiger partial charge is 0.0640 e. The van der Waals surface area contributed by atoms with E-state index in [4.69, 9.17) is 0 Å². The van der Waals surface area contributed by atoms with Crippen molar-refractivity contribution < 1.29 is 0 Å². The van der Waals surface area contributed by atoms with E-state index in [9.17, 15) is 0 Å². The fraction of sp³-hybridized carbons (Fsp3) is 0.0847. The van der Waals surface area contributed by atoms with E-state index in [1.165, 1.54) is 98.2 Å². The molecule has 2 aliphatic carbocycles. The molecule has 1 atom stereocenters. The molecule has 2 heteroatoms. The highest BCUT2D eigenvalue weighted by Gasteiger charge is 2.41. The highest BCUT2D eigenvalue weighted by atomic mass is 32.1. The van der Waals surface area contributed by atoms with Crippen molar-refractivity contribution in [2.24, 2.45) is 0 Å². The maximum Gasteiger partial charge on any atom is 0.0640 e. The number of fused-ring (bicyclic) bond motifs is 9. The fourth-order valence-electron chi connectivity index (χ4n) is 10.8. The average molecular weight is 798 g/mol. The van der Waals surface area contributed by atoms with Gasteiger partial charge in [-0.3, -0.25) is 0 Å². The molecule has 0 aliphatic heterocycles. The van der Waals surface area contributed by atoms with Gasteiger partial charge >= 0.3 is 0 Å². The van der Waals surface area contributed by atoms with Crippen molar-refractivity contribution in [3.63, 3.8) is 0 Å². The average Bonchev–Trinajstić information content (AvgIpc) is 3.91. The van der Waals surface area contributed by atoms with Crippen LogP contribution in [0.4, 0.5) is 17.1 Å². The Morgan fingerprint density at radius 2 is 0.951 bits per heavy atom. The molecule has 290 valence electrons. The van der Waals surface area contributed by atoms with Crippen LogP contribution in [0.3, 0.4) is 0 Å². The zero-order valence-corrected chi connectivity index (χ0v) is 35.3. The van der Waals surface area contributed by atoms with Crippen molar-refractivity contribution in [1.82, 2.24) is 0 Å². The number of thiophene rings is 1. The maximum absolute atomic E-state index is 2.45. The Morgan fingerprint density at radius 1 is 0.393 bits per heavy atom. The van der Waals surface area contributed by atoms with Crippen LogP contribution >= 0.6 is 11.3 Å². The molecule has 0 fully saturated rings. The first-order valence-corrected chi connectivity index (χ1v) is 22.2. The van der Waals surface area contributed by atoms with Crippen molar-refractivity contribution in [2.75, 3.05) is 4.90 Å². The Labute approximate surface area is 361 Å². The van der Waals surface area contributed by atoms with Gasteiger partial charge in [0.15, 0.2) is 0 Å². The van der Waals surface area contributed by atoms with E-state index in [1.807, 2.05) is 11.3 Å². The molecule has 10 aromatic rings. The molecule has 1 heterocycles. The Hall–Kier alpha value is -7.00. The zero-order chi connectivity index (χ0) is 40.9. The van der Waals surface area contributed by atoms with E-state index in [0.717, 1.165) is 11.4 Å². The summed E-state index contributed by atoms with van der Waals surface area (Å²) in [6.07, 6.45) is 0. The van der Waals surface area contributed by atoms with Crippen molar-refractivity contribution in [1.29, 1.82) is 0 Å². The van der Waals surface area contributed by atoms with Crippen LogP contribution in [-0.2, 0) is 10.8 Å². The van der Waals surface area contributed by atoms with Gasteiger partial charge in [-0.2, -0.15) is 0 Å². The number of anilines is 3. The normalized spacial score (nSPS) is 15.7. The standard InChI is InChI=1S/C59H43NS/c1-58(2)51-23-10-7-18-46(51)49-21-13-20-44(56(49)58)39-29-34-43(35-30-39)60(54-25-14-22-50-48-19-9-12-26-55(48)61-57(50)54)42-32-27-38(28-33-42)40-31-36-47-45-17-8-11-24-52(45)59(3,53(47)37-40)41-15-5-4-6-16-41/h4-37H,1-3H3. The van der Waals surface area contributed by atoms with Crippen LogP contribution < -0.4 is 4.90 Å². The topological polar surface area (TPSA) is 3.24 Å². The second-order valence-corrected chi connectivity index (χ2v) is 18.4. The first-order valence-electron chi connectivity index (χ1n) is 21.3. The lowest BCUT2D eigenvalue weighted by molar-refractivity contribution is 0.662. The second kappa shape index (κ2) is 13.5. The summed E-state index contributed by atoms with van der Waals surface area (Å²) in [4.78, 5) is 2.45. The summed E-state index contributed by atoms with van der Waals surface area (Å²) in [6, 6.07) is 76.8. The minimum atomic E-state index is -0.241. The summed E-state index contributed by atoms with van der Waals surface area (Å²) in [6.45, 7) is 7.13. The third-order valence-corrected chi connectivity index (χ3v) is 15.0. The van der Waals surface area contributed by atoms with Crippen LogP contribution in [0, 0.1) is 0 Å². The molecule has 9 aromatic carbocycles. The summed E-state index contributed by atoms with van der Waals surface area (Å²) < 4.78 is 2.59. The van der Waals surface area contributed by atoms with Crippen LogP contribution in [0.1, 0.15) is 48.6 Å².